The third kappa shape index (κ3) is 5.30. The van der Waals surface area contributed by atoms with Crippen LogP contribution in [-0.4, -0.2) is 12.4 Å². The molecule has 0 saturated heterocycles. The van der Waals surface area contributed by atoms with Gasteiger partial charge in [-0.05, 0) is 25.8 Å². The van der Waals surface area contributed by atoms with Crippen LogP contribution in [0.3, 0.4) is 0 Å². The van der Waals surface area contributed by atoms with E-state index in [0.29, 0.717) is 0 Å². The van der Waals surface area contributed by atoms with E-state index in [1.54, 1.807) is 0 Å². The van der Waals surface area contributed by atoms with Crippen LogP contribution in [0.4, 0.5) is 0 Å². The predicted molar refractivity (Wildman–Crippen MR) is 62.8 cm³/mol. The Morgan fingerprint density at radius 1 is 1.50 bits per heavy atom. The number of nitrogens with zero attached hydrogens (tertiary/aromatic N) is 1. The first kappa shape index (κ1) is 12.6. The van der Waals surface area contributed by atoms with Gasteiger partial charge in [-0.25, -0.2) is 0 Å². The monoisotopic (exact) mass is 193 g/mol. The summed E-state index contributed by atoms with van der Waals surface area (Å²) in [5.41, 5.74) is 5.25. The molecular weight excluding hydrogens is 174 g/mol. The summed E-state index contributed by atoms with van der Waals surface area (Å²) >= 11 is 0. The van der Waals surface area contributed by atoms with Crippen molar-refractivity contribution in [3.63, 3.8) is 0 Å². The quantitative estimate of drug-likeness (QED) is 0.525. The van der Waals surface area contributed by atoms with Gasteiger partial charge in [-0.1, -0.05) is 25.5 Å². The van der Waals surface area contributed by atoms with Crippen molar-refractivity contribution in [2.75, 3.05) is 0 Å². The van der Waals surface area contributed by atoms with E-state index in [4.69, 9.17) is 5.41 Å². The van der Waals surface area contributed by atoms with Crippen molar-refractivity contribution in [1.82, 2.24) is 5.43 Å². The summed E-state index contributed by atoms with van der Waals surface area (Å²) in [7, 11) is 0. The number of hydrogen-bond donors (Lipinski definition) is 2. The van der Waals surface area contributed by atoms with Crippen molar-refractivity contribution < 1.29 is 0 Å². The van der Waals surface area contributed by atoms with Gasteiger partial charge in [0.2, 0.25) is 0 Å². The fourth-order valence-corrected chi connectivity index (χ4v) is 1.08. The molecule has 0 unspecified atom stereocenters. The van der Waals surface area contributed by atoms with Crippen molar-refractivity contribution in [1.29, 1.82) is 5.41 Å². The minimum atomic E-state index is 1.02. The average molecular weight is 193 g/mol. The summed E-state index contributed by atoms with van der Waals surface area (Å²) in [6.07, 6.45) is 8.95. The molecule has 0 aromatic carbocycles. The summed E-state index contributed by atoms with van der Waals surface area (Å²) in [6, 6.07) is 0. The molecule has 3 nitrogen and oxygen atoms in total. The second kappa shape index (κ2) is 8.23. The van der Waals surface area contributed by atoms with Crippen LogP contribution in [0.15, 0.2) is 28.5 Å². The Kier molecular flexibility index (Phi) is 7.42. The average Bonchev–Trinajstić information content (AvgIpc) is 2.21. The lowest BCUT2D eigenvalue weighted by molar-refractivity contribution is 0.858. The van der Waals surface area contributed by atoms with E-state index in [2.05, 4.69) is 29.6 Å². The molecular formula is C11H19N3. The number of nitrogens with one attached hydrogen (secondary N) is 2. The zero-order valence-corrected chi connectivity index (χ0v) is 9.17. The number of allylic oxidation sites excluding steroid dienone is 3. The molecule has 78 valence electrons. The second-order valence-corrected chi connectivity index (χ2v) is 2.75. The van der Waals surface area contributed by atoms with Crippen molar-refractivity contribution in [2.24, 2.45) is 5.10 Å². The van der Waals surface area contributed by atoms with Crippen LogP contribution < -0.4 is 5.43 Å². The third-order valence-electron chi connectivity index (χ3n) is 1.65. The molecule has 1 aliphatic rings. The van der Waals surface area contributed by atoms with E-state index in [-0.39, 0.29) is 0 Å². The van der Waals surface area contributed by atoms with Crippen LogP contribution in [0.25, 0.3) is 0 Å². The van der Waals surface area contributed by atoms with Gasteiger partial charge in [0.05, 0.1) is 11.9 Å². The summed E-state index contributed by atoms with van der Waals surface area (Å²) < 4.78 is 0. The molecule has 0 saturated carbocycles. The van der Waals surface area contributed by atoms with Crippen molar-refractivity contribution in [2.45, 2.75) is 33.6 Å². The van der Waals surface area contributed by atoms with Gasteiger partial charge in [0.15, 0.2) is 0 Å². The first-order valence-electron chi connectivity index (χ1n) is 4.98. The van der Waals surface area contributed by atoms with Gasteiger partial charge in [-0.15, -0.1) is 0 Å². The summed E-state index contributed by atoms with van der Waals surface area (Å²) in [5, 5.41) is 10.5. The van der Waals surface area contributed by atoms with Crippen LogP contribution in [0, 0.1) is 5.41 Å². The highest BCUT2D eigenvalue weighted by Gasteiger charge is 1.98. The lowest BCUT2D eigenvalue weighted by Crippen LogP contribution is -2.06. The fraction of sp³-hybridized carbons (Fsp3) is 0.455. The molecule has 0 radical (unpaired) electrons. The van der Waals surface area contributed by atoms with E-state index < -0.39 is 0 Å². The molecule has 14 heavy (non-hydrogen) atoms. The molecule has 0 amide bonds. The molecule has 0 aromatic rings. The molecule has 0 bridgehead atoms. The molecule has 2 N–H and O–H groups in total. The van der Waals surface area contributed by atoms with Gasteiger partial charge in [0, 0.05) is 6.21 Å². The summed E-state index contributed by atoms with van der Waals surface area (Å²) in [4.78, 5) is 0. The first-order chi connectivity index (χ1) is 6.83. The van der Waals surface area contributed by atoms with E-state index in [1.165, 1.54) is 11.8 Å². The second-order valence-electron chi connectivity index (χ2n) is 2.75. The first-order valence-corrected chi connectivity index (χ1v) is 4.98. The van der Waals surface area contributed by atoms with Gasteiger partial charge < -0.3 is 5.41 Å². The highest BCUT2D eigenvalue weighted by Crippen LogP contribution is 2.14. The van der Waals surface area contributed by atoms with Crippen LogP contribution in [-0.2, 0) is 0 Å². The number of hydrogen-bond acceptors (Lipinski definition) is 3. The molecule has 0 atom stereocenters. The fourth-order valence-electron chi connectivity index (χ4n) is 1.08. The lowest BCUT2D eigenvalue weighted by atomic mass is 10.1. The number of rotatable bonds is 3. The molecule has 1 rings (SSSR count). The van der Waals surface area contributed by atoms with E-state index >= 15 is 0 Å². The highest BCUT2D eigenvalue weighted by atomic mass is 15.3. The van der Waals surface area contributed by atoms with Crippen molar-refractivity contribution >= 4 is 12.4 Å². The maximum absolute atomic E-state index is 6.71. The predicted octanol–water partition coefficient (Wildman–Crippen LogP) is 2.86. The van der Waals surface area contributed by atoms with Gasteiger partial charge >= 0.3 is 0 Å². The third-order valence-corrected chi connectivity index (χ3v) is 1.65. The summed E-state index contributed by atoms with van der Waals surface area (Å²) in [6.45, 7) is 6.11. The maximum Gasteiger partial charge on any atom is 0.0648 e. The van der Waals surface area contributed by atoms with E-state index in [1.807, 2.05) is 13.8 Å². The van der Waals surface area contributed by atoms with Gasteiger partial charge in [0.25, 0.3) is 0 Å². The molecule has 0 aromatic heterocycles. The Hall–Kier alpha value is -1.38. The molecule has 0 spiro atoms. The Labute approximate surface area is 86.1 Å². The molecule has 3 heteroatoms. The van der Waals surface area contributed by atoms with Crippen LogP contribution in [0.2, 0.25) is 0 Å². The van der Waals surface area contributed by atoms with Crippen LogP contribution >= 0.6 is 0 Å². The van der Waals surface area contributed by atoms with Gasteiger partial charge in [-0.3, -0.25) is 5.43 Å². The molecule has 1 aliphatic carbocycles. The van der Waals surface area contributed by atoms with Crippen molar-refractivity contribution in [3.8, 4) is 0 Å². The van der Waals surface area contributed by atoms with E-state index in [9.17, 15) is 0 Å². The topological polar surface area (TPSA) is 48.2 Å². The Balaban J connectivity index is 0.000000791. The molecule has 0 fully saturated rings. The van der Waals surface area contributed by atoms with Gasteiger partial charge in [-0.2, -0.15) is 5.10 Å². The molecule has 0 aliphatic heterocycles. The van der Waals surface area contributed by atoms with Crippen LogP contribution in [0.5, 0.6) is 0 Å². The standard InChI is InChI=1S/C9H13N3.C2H6/c1-8-3-2-4-9(7-8)12-11-6-5-10;1-2/h4-7,10,12H,2-3H2,1H3;1-2H3/b10-5?,11-6-;. The normalized spacial score (nSPS) is 15.1. The Morgan fingerprint density at radius 2 is 2.21 bits per heavy atom. The zero-order chi connectivity index (χ0) is 10.8. The minimum absolute atomic E-state index is 1.02. The SMILES string of the molecule is CC.CC1=CC(N/N=C\C=N)=CCC1. The van der Waals surface area contributed by atoms with Crippen molar-refractivity contribution in [3.05, 3.63) is 23.4 Å². The van der Waals surface area contributed by atoms with Crippen LogP contribution in [0.1, 0.15) is 33.6 Å². The lowest BCUT2D eigenvalue weighted by Gasteiger charge is -2.08. The zero-order valence-electron chi connectivity index (χ0n) is 9.17. The summed E-state index contributed by atoms with van der Waals surface area (Å²) in [5.74, 6) is 0. The van der Waals surface area contributed by atoms with Gasteiger partial charge in [0.1, 0.15) is 0 Å². The number of hydrazone groups is 1. The Morgan fingerprint density at radius 3 is 2.79 bits per heavy atom. The highest BCUT2D eigenvalue weighted by molar-refractivity contribution is 6.14. The van der Waals surface area contributed by atoms with E-state index in [0.717, 1.165) is 24.8 Å². The largest absolute Gasteiger partial charge is 0.307 e. The Bertz CT molecular complexity index is 249. The smallest absolute Gasteiger partial charge is 0.0648 e. The maximum atomic E-state index is 6.71. The molecule has 0 heterocycles. The minimum Gasteiger partial charge on any atom is -0.307 e.